The number of piperidine rings is 1. The van der Waals surface area contributed by atoms with Gasteiger partial charge in [0.05, 0.1) is 6.26 Å². The lowest BCUT2D eigenvalue weighted by Gasteiger charge is -2.32. The number of carbonyl (C=O) groups excluding carboxylic acids is 1. The van der Waals surface area contributed by atoms with Crippen LogP contribution in [0.15, 0.2) is 29.1 Å². The molecule has 6 heteroatoms. The van der Waals surface area contributed by atoms with E-state index in [-0.39, 0.29) is 5.91 Å². The van der Waals surface area contributed by atoms with Crippen LogP contribution in [0, 0.1) is 12.8 Å². The third-order valence-corrected chi connectivity index (χ3v) is 4.62. The van der Waals surface area contributed by atoms with Crippen LogP contribution in [0.3, 0.4) is 0 Å². The first-order chi connectivity index (χ1) is 11.7. The Bertz CT molecular complexity index is 673. The molecule has 24 heavy (non-hydrogen) atoms. The predicted molar refractivity (Wildman–Crippen MR) is 92.1 cm³/mol. The lowest BCUT2D eigenvalue weighted by molar-refractivity contribution is 0.0916. The maximum Gasteiger partial charge on any atom is 0.287 e. The zero-order chi connectivity index (χ0) is 16.9. The molecule has 0 aromatic carbocycles. The van der Waals surface area contributed by atoms with Gasteiger partial charge in [0.1, 0.15) is 0 Å². The number of nitrogens with zero attached hydrogens (tertiary/aromatic N) is 3. The van der Waals surface area contributed by atoms with Gasteiger partial charge in [-0.2, -0.15) is 0 Å². The second-order valence-electron chi connectivity index (χ2n) is 6.32. The highest BCUT2D eigenvalue weighted by Crippen LogP contribution is 2.20. The zero-order valence-corrected chi connectivity index (χ0v) is 14.3. The van der Waals surface area contributed by atoms with Crippen LogP contribution in [-0.4, -0.2) is 35.5 Å². The molecular formula is C18H24N4O2. The molecule has 2 aromatic rings. The van der Waals surface area contributed by atoms with Crippen molar-refractivity contribution in [3.8, 4) is 0 Å². The van der Waals surface area contributed by atoms with Crippen LogP contribution >= 0.6 is 0 Å². The third-order valence-electron chi connectivity index (χ3n) is 4.62. The second kappa shape index (κ2) is 7.47. The molecule has 1 aliphatic rings. The van der Waals surface area contributed by atoms with E-state index in [1.54, 1.807) is 12.3 Å². The fourth-order valence-corrected chi connectivity index (χ4v) is 2.95. The second-order valence-corrected chi connectivity index (χ2v) is 6.32. The Hall–Kier alpha value is -2.37. The van der Waals surface area contributed by atoms with Crippen LogP contribution in [0.1, 0.15) is 41.4 Å². The van der Waals surface area contributed by atoms with Crippen LogP contribution in [0.4, 0.5) is 5.95 Å². The number of hydrogen-bond acceptors (Lipinski definition) is 5. The van der Waals surface area contributed by atoms with Crippen molar-refractivity contribution < 1.29 is 9.21 Å². The van der Waals surface area contributed by atoms with Gasteiger partial charge in [-0.15, -0.1) is 0 Å². The molecule has 1 amide bonds. The SMILES string of the molecule is CCc1cnc(N2CCC(CNC(=O)c3occc3C)CC2)nc1. The van der Waals surface area contributed by atoms with Crippen LogP contribution in [0.25, 0.3) is 0 Å². The number of amides is 1. The molecule has 0 aliphatic carbocycles. The van der Waals surface area contributed by atoms with Crippen LogP contribution in [0.2, 0.25) is 0 Å². The van der Waals surface area contributed by atoms with Gasteiger partial charge in [-0.1, -0.05) is 6.92 Å². The summed E-state index contributed by atoms with van der Waals surface area (Å²) in [6, 6.07) is 1.80. The molecule has 0 unspecified atom stereocenters. The number of aryl methyl sites for hydroxylation is 2. The normalized spacial score (nSPS) is 15.5. The molecule has 0 atom stereocenters. The Labute approximate surface area is 142 Å². The lowest BCUT2D eigenvalue weighted by Crippen LogP contribution is -2.39. The maximum absolute atomic E-state index is 12.1. The van der Waals surface area contributed by atoms with Crippen molar-refractivity contribution >= 4 is 11.9 Å². The van der Waals surface area contributed by atoms with E-state index in [0.717, 1.165) is 49.4 Å². The molecular weight excluding hydrogens is 304 g/mol. The predicted octanol–water partition coefficient (Wildman–Crippen LogP) is 2.59. The molecule has 0 saturated carbocycles. The van der Waals surface area contributed by atoms with Gasteiger partial charge < -0.3 is 14.6 Å². The Balaban J connectivity index is 1.46. The summed E-state index contributed by atoms with van der Waals surface area (Å²) in [7, 11) is 0. The van der Waals surface area contributed by atoms with Gasteiger partial charge in [0.25, 0.3) is 5.91 Å². The zero-order valence-electron chi connectivity index (χ0n) is 14.3. The summed E-state index contributed by atoms with van der Waals surface area (Å²) in [5.74, 6) is 1.58. The molecule has 128 valence electrons. The lowest BCUT2D eigenvalue weighted by atomic mass is 9.97. The standard InChI is InChI=1S/C18H24N4O2/c1-3-14-10-20-18(21-11-14)22-7-4-15(5-8-22)12-19-17(23)16-13(2)6-9-24-16/h6,9-11,15H,3-5,7-8,12H2,1-2H3,(H,19,23). The van der Waals surface area contributed by atoms with Gasteiger partial charge in [-0.3, -0.25) is 4.79 Å². The number of nitrogens with one attached hydrogen (secondary N) is 1. The minimum Gasteiger partial charge on any atom is -0.459 e. The number of anilines is 1. The Kier molecular flexibility index (Phi) is 5.13. The van der Waals surface area contributed by atoms with Gasteiger partial charge in [-0.05, 0) is 43.7 Å². The fourth-order valence-electron chi connectivity index (χ4n) is 2.95. The van der Waals surface area contributed by atoms with Gasteiger partial charge in [0, 0.05) is 37.6 Å². The third kappa shape index (κ3) is 3.75. The summed E-state index contributed by atoms with van der Waals surface area (Å²) >= 11 is 0. The van der Waals surface area contributed by atoms with Crippen molar-refractivity contribution in [3.05, 3.63) is 41.6 Å². The molecule has 0 radical (unpaired) electrons. The smallest absolute Gasteiger partial charge is 0.287 e. The minimum absolute atomic E-state index is 0.126. The maximum atomic E-state index is 12.1. The summed E-state index contributed by atoms with van der Waals surface area (Å²) in [6.07, 6.45) is 8.36. The first-order valence-electron chi connectivity index (χ1n) is 8.55. The van der Waals surface area contributed by atoms with Gasteiger partial charge in [0.15, 0.2) is 5.76 Å². The highest BCUT2D eigenvalue weighted by atomic mass is 16.3. The first-order valence-corrected chi connectivity index (χ1v) is 8.55. The Morgan fingerprint density at radius 3 is 2.62 bits per heavy atom. The molecule has 6 nitrogen and oxygen atoms in total. The molecule has 3 rings (SSSR count). The van der Waals surface area contributed by atoms with Crippen LogP contribution in [0.5, 0.6) is 0 Å². The van der Waals surface area contributed by atoms with Gasteiger partial charge in [-0.25, -0.2) is 9.97 Å². The van der Waals surface area contributed by atoms with Gasteiger partial charge in [0.2, 0.25) is 5.95 Å². The number of carbonyl (C=O) groups is 1. The number of hydrogen-bond donors (Lipinski definition) is 1. The average Bonchev–Trinajstić information content (AvgIpc) is 3.06. The van der Waals surface area contributed by atoms with Crippen molar-refractivity contribution in [3.63, 3.8) is 0 Å². The van der Waals surface area contributed by atoms with Gasteiger partial charge >= 0.3 is 0 Å². The number of aromatic nitrogens is 2. The van der Waals surface area contributed by atoms with E-state index >= 15 is 0 Å². The summed E-state index contributed by atoms with van der Waals surface area (Å²) in [5.41, 5.74) is 2.03. The summed E-state index contributed by atoms with van der Waals surface area (Å²) in [5, 5.41) is 2.98. The van der Waals surface area contributed by atoms with Crippen molar-refractivity contribution in [2.75, 3.05) is 24.5 Å². The average molecular weight is 328 g/mol. The number of furan rings is 1. The van der Waals surface area contributed by atoms with E-state index in [2.05, 4.69) is 27.1 Å². The molecule has 2 aromatic heterocycles. The molecule has 0 spiro atoms. The number of rotatable bonds is 5. The summed E-state index contributed by atoms with van der Waals surface area (Å²) in [4.78, 5) is 23.2. The van der Waals surface area contributed by atoms with E-state index in [9.17, 15) is 4.79 Å². The highest BCUT2D eigenvalue weighted by molar-refractivity contribution is 5.92. The van der Waals surface area contributed by atoms with Crippen molar-refractivity contribution in [1.82, 2.24) is 15.3 Å². The molecule has 0 bridgehead atoms. The van der Waals surface area contributed by atoms with Crippen LogP contribution < -0.4 is 10.2 Å². The van der Waals surface area contributed by atoms with Crippen molar-refractivity contribution in [1.29, 1.82) is 0 Å². The largest absolute Gasteiger partial charge is 0.459 e. The van der Waals surface area contributed by atoms with E-state index < -0.39 is 0 Å². The van der Waals surface area contributed by atoms with E-state index in [1.807, 2.05) is 19.3 Å². The monoisotopic (exact) mass is 328 g/mol. The fraction of sp³-hybridized carbons (Fsp3) is 0.500. The topological polar surface area (TPSA) is 71.3 Å². The highest BCUT2D eigenvalue weighted by Gasteiger charge is 2.22. The Morgan fingerprint density at radius 1 is 1.33 bits per heavy atom. The Morgan fingerprint density at radius 2 is 2.04 bits per heavy atom. The van der Waals surface area contributed by atoms with E-state index in [4.69, 9.17) is 4.42 Å². The van der Waals surface area contributed by atoms with Crippen molar-refractivity contribution in [2.24, 2.45) is 5.92 Å². The molecule has 1 aliphatic heterocycles. The quantitative estimate of drug-likeness (QED) is 0.913. The van der Waals surface area contributed by atoms with Crippen LogP contribution in [-0.2, 0) is 6.42 Å². The van der Waals surface area contributed by atoms with E-state index in [1.165, 1.54) is 0 Å². The first kappa shape index (κ1) is 16.5. The molecule has 3 heterocycles. The van der Waals surface area contributed by atoms with Crippen molar-refractivity contribution in [2.45, 2.75) is 33.1 Å². The van der Waals surface area contributed by atoms with E-state index in [0.29, 0.717) is 18.2 Å². The molecule has 1 N–H and O–H groups in total. The molecule has 1 saturated heterocycles. The summed E-state index contributed by atoms with van der Waals surface area (Å²) < 4.78 is 5.22. The minimum atomic E-state index is -0.126. The summed E-state index contributed by atoms with van der Waals surface area (Å²) in [6.45, 7) is 6.50. The molecule has 1 fully saturated rings.